The first-order valence-corrected chi connectivity index (χ1v) is 6.30. The Hall–Kier alpha value is -1.87. The minimum absolute atomic E-state index is 0.101. The molecule has 0 fully saturated rings. The van der Waals surface area contributed by atoms with Crippen LogP contribution in [0, 0.1) is 6.92 Å². The van der Waals surface area contributed by atoms with Gasteiger partial charge in [-0.3, -0.25) is 4.79 Å². The lowest BCUT2D eigenvalue weighted by atomic mass is 10.2. The lowest BCUT2D eigenvalue weighted by Gasteiger charge is -2.01. The molecular weight excluding hydrogens is 230 g/mol. The topological polar surface area (TPSA) is 21.5 Å². The van der Waals surface area contributed by atoms with Crippen molar-refractivity contribution >= 4 is 22.6 Å². The second-order valence-corrected chi connectivity index (χ2v) is 4.93. The number of fused-ring (bicyclic) bond motifs is 1. The molecule has 3 aromatic heterocycles. The molecule has 0 aliphatic heterocycles. The van der Waals surface area contributed by atoms with Crippen LogP contribution in [0.3, 0.4) is 0 Å². The summed E-state index contributed by atoms with van der Waals surface area (Å²) < 4.78 is 1.96. The van der Waals surface area contributed by atoms with Crippen molar-refractivity contribution in [2.24, 2.45) is 0 Å². The first-order valence-electron chi connectivity index (χ1n) is 5.42. The molecular formula is C14H11NOS. The SMILES string of the molecule is Cc1cc2ccccn2c1C(=O)c1cccs1. The fourth-order valence-corrected chi connectivity index (χ4v) is 2.74. The maximum absolute atomic E-state index is 12.4. The number of aromatic nitrogens is 1. The van der Waals surface area contributed by atoms with Gasteiger partial charge in [-0.15, -0.1) is 11.3 Å². The average Bonchev–Trinajstić information content (AvgIpc) is 2.94. The smallest absolute Gasteiger partial charge is 0.219 e. The van der Waals surface area contributed by atoms with Gasteiger partial charge in [0.05, 0.1) is 10.6 Å². The van der Waals surface area contributed by atoms with Crippen LogP contribution in [0.5, 0.6) is 0 Å². The van der Waals surface area contributed by atoms with Gasteiger partial charge in [-0.25, -0.2) is 0 Å². The van der Waals surface area contributed by atoms with Gasteiger partial charge in [0.1, 0.15) is 0 Å². The van der Waals surface area contributed by atoms with Crippen LogP contribution in [0.4, 0.5) is 0 Å². The molecule has 0 radical (unpaired) electrons. The first kappa shape index (κ1) is 10.3. The number of hydrogen-bond acceptors (Lipinski definition) is 2. The van der Waals surface area contributed by atoms with Crippen LogP contribution in [0.25, 0.3) is 5.52 Å². The fraction of sp³-hybridized carbons (Fsp3) is 0.0714. The third kappa shape index (κ3) is 1.59. The number of carbonyl (C=O) groups is 1. The standard InChI is InChI=1S/C14H11NOS/c1-10-9-11-5-2-3-7-15(11)13(10)14(16)12-6-4-8-17-12/h2-9H,1H3. The van der Waals surface area contributed by atoms with Gasteiger partial charge in [0.2, 0.25) is 5.78 Å². The summed E-state index contributed by atoms with van der Waals surface area (Å²) >= 11 is 1.48. The molecule has 0 N–H and O–H groups in total. The molecule has 84 valence electrons. The number of carbonyl (C=O) groups excluding carboxylic acids is 1. The van der Waals surface area contributed by atoms with Gasteiger partial charge in [0.25, 0.3) is 0 Å². The summed E-state index contributed by atoms with van der Waals surface area (Å²) in [6.07, 6.45) is 1.93. The number of thiophene rings is 1. The minimum Gasteiger partial charge on any atom is -0.313 e. The second kappa shape index (κ2) is 3.86. The van der Waals surface area contributed by atoms with E-state index >= 15 is 0 Å². The van der Waals surface area contributed by atoms with E-state index in [1.807, 2.05) is 59.3 Å². The number of hydrogen-bond donors (Lipinski definition) is 0. The summed E-state index contributed by atoms with van der Waals surface area (Å²) in [5.74, 6) is 0.101. The molecule has 0 saturated carbocycles. The maximum atomic E-state index is 12.4. The van der Waals surface area contributed by atoms with Crippen molar-refractivity contribution in [3.05, 3.63) is 64.1 Å². The molecule has 0 saturated heterocycles. The Bertz CT molecular complexity index is 679. The van der Waals surface area contributed by atoms with Gasteiger partial charge in [-0.05, 0) is 42.1 Å². The Labute approximate surface area is 103 Å². The predicted octanol–water partition coefficient (Wildman–Crippen LogP) is 3.54. The highest BCUT2D eigenvalue weighted by atomic mass is 32.1. The highest BCUT2D eigenvalue weighted by molar-refractivity contribution is 7.12. The number of rotatable bonds is 2. The highest BCUT2D eigenvalue weighted by Crippen LogP contribution is 2.21. The summed E-state index contributed by atoms with van der Waals surface area (Å²) in [6, 6.07) is 11.8. The summed E-state index contributed by atoms with van der Waals surface area (Å²) in [5.41, 5.74) is 2.85. The maximum Gasteiger partial charge on any atom is 0.219 e. The third-order valence-electron chi connectivity index (χ3n) is 2.83. The van der Waals surface area contributed by atoms with Crippen molar-refractivity contribution in [3.63, 3.8) is 0 Å². The van der Waals surface area contributed by atoms with E-state index in [0.29, 0.717) is 0 Å². The average molecular weight is 241 g/mol. The number of nitrogens with zero attached hydrogens (tertiary/aromatic N) is 1. The molecule has 0 amide bonds. The Morgan fingerprint density at radius 3 is 2.88 bits per heavy atom. The number of aryl methyl sites for hydroxylation is 1. The molecule has 0 atom stereocenters. The lowest BCUT2D eigenvalue weighted by molar-refractivity contribution is 0.103. The van der Waals surface area contributed by atoms with Gasteiger partial charge in [-0.1, -0.05) is 12.1 Å². The largest absolute Gasteiger partial charge is 0.313 e. The lowest BCUT2D eigenvalue weighted by Crippen LogP contribution is -2.04. The summed E-state index contributed by atoms with van der Waals surface area (Å²) in [7, 11) is 0. The molecule has 0 bridgehead atoms. The van der Waals surface area contributed by atoms with E-state index < -0.39 is 0 Å². The summed E-state index contributed by atoms with van der Waals surface area (Å²) in [4.78, 5) is 13.2. The minimum atomic E-state index is 0.101. The van der Waals surface area contributed by atoms with Gasteiger partial charge in [0, 0.05) is 11.7 Å². The molecule has 3 heteroatoms. The Kier molecular flexibility index (Phi) is 2.34. The van der Waals surface area contributed by atoms with Crippen LogP contribution in [-0.4, -0.2) is 10.2 Å². The first-order chi connectivity index (χ1) is 8.27. The molecule has 3 aromatic rings. The Morgan fingerprint density at radius 2 is 2.12 bits per heavy atom. The molecule has 17 heavy (non-hydrogen) atoms. The fourth-order valence-electron chi connectivity index (χ4n) is 2.07. The third-order valence-corrected chi connectivity index (χ3v) is 3.70. The van der Waals surface area contributed by atoms with Gasteiger partial charge in [0.15, 0.2) is 0 Å². The van der Waals surface area contributed by atoms with Crippen molar-refractivity contribution in [1.29, 1.82) is 0 Å². The van der Waals surface area contributed by atoms with Gasteiger partial charge < -0.3 is 4.40 Å². The Balaban J connectivity index is 2.24. The van der Waals surface area contributed by atoms with Crippen molar-refractivity contribution in [1.82, 2.24) is 4.40 Å². The van der Waals surface area contributed by atoms with Crippen LogP contribution in [0.15, 0.2) is 48.0 Å². The van der Waals surface area contributed by atoms with Crippen LogP contribution in [0.1, 0.15) is 20.9 Å². The monoisotopic (exact) mass is 241 g/mol. The second-order valence-electron chi connectivity index (χ2n) is 3.98. The highest BCUT2D eigenvalue weighted by Gasteiger charge is 2.17. The van der Waals surface area contributed by atoms with Crippen molar-refractivity contribution in [2.45, 2.75) is 6.92 Å². The quantitative estimate of drug-likeness (QED) is 0.629. The van der Waals surface area contributed by atoms with Gasteiger partial charge >= 0.3 is 0 Å². The molecule has 0 aromatic carbocycles. The predicted molar refractivity (Wildman–Crippen MR) is 69.9 cm³/mol. The zero-order chi connectivity index (χ0) is 11.8. The van der Waals surface area contributed by atoms with E-state index in [1.165, 1.54) is 11.3 Å². The zero-order valence-electron chi connectivity index (χ0n) is 9.38. The summed E-state index contributed by atoms with van der Waals surface area (Å²) in [5, 5.41) is 1.93. The van der Waals surface area contributed by atoms with Crippen molar-refractivity contribution in [2.75, 3.05) is 0 Å². The van der Waals surface area contributed by atoms with Crippen LogP contribution in [-0.2, 0) is 0 Å². The van der Waals surface area contributed by atoms with Crippen LogP contribution >= 0.6 is 11.3 Å². The molecule has 0 spiro atoms. The van der Waals surface area contributed by atoms with Crippen LogP contribution in [0.2, 0.25) is 0 Å². The number of pyridine rings is 1. The van der Waals surface area contributed by atoms with Crippen LogP contribution < -0.4 is 0 Å². The molecule has 0 aliphatic rings. The van der Waals surface area contributed by atoms with Crippen molar-refractivity contribution in [3.8, 4) is 0 Å². The molecule has 3 heterocycles. The zero-order valence-corrected chi connectivity index (χ0v) is 10.2. The molecule has 3 rings (SSSR count). The molecule has 2 nitrogen and oxygen atoms in total. The van der Waals surface area contributed by atoms with E-state index in [-0.39, 0.29) is 5.78 Å². The van der Waals surface area contributed by atoms with Gasteiger partial charge in [-0.2, -0.15) is 0 Å². The van der Waals surface area contributed by atoms with E-state index in [2.05, 4.69) is 0 Å². The molecule has 0 unspecified atom stereocenters. The van der Waals surface area contributed by atoms with E-state index in [0.717, 1.165) is 21.7 Å². The van der Waals surface area contributed by atoms with E-state index in [9.17, 15) is 4.79 Å². The molecule has 0 aliphatic carbocycles. The summed E-state index contributed by atoms with van der Waals surface area (Å²) in [6.45, 7) is 1.98. The Morgan fingerprint density at radius 1 is 1.24 bits per heavy atom. The number of ketones is 1. The van der Waals surface area contributed by atoms with E-state index in [4.69, 9.17) is 0 Å². The van der Waals surface area contributed by atoms with Crippen molar-refractivity contribution < 1.29 is 4.79 Å². The van der Waals surface area contributed by atoms with E-state index in [1.54, 1.807) is 0 Å². The normalized spacial score (nSPS) is 10.9.